The molecule has 0 aliphatic heterocycles. The van der Waals surface area contributed by atoms with Gasteiger partial charge < -0.3 is 20.3 Å². The number of amides is 1. The van der Waals surface area contributed by atoms with Crippen LogP contribution in [-0.2, 0) is 14.3 Å². The minimum Gasteiger partial charge on any atom is -0.466 e. The molecule has 0 radical (unpaired) electrons. The summed E-state index contributed by atoms with van der Waals surface area (Å²) >= 11 is 0. The van der Waals surface area contributed by atoms with Crippen molar-refractivity contribution in [1.29, 1.82) is 0 Å². The first-order chi connectivity index (χ1) is 40.0. The molecule has 0 fully saturated rings. The summed E-state index contributed by atoms with van der Waals surface area (Å²) in [6.07, 6.45) is 91.0. The number of carbonyl (C=O) groups is 2. The summed E-state index contributed by atoms with van der Waals surface area (Å²) in [6, 6.07) is -0.627. The number of hydrogen-bond acceptors (Lipinski definition) is 5. The lowest BCUT2D eigenvalue weighted by molar-refractivity contribution is -0.143. The van der Waals surface area contributed by atoms with Gasteiger partial charge in [-0.25, -0.2) is 0 Å². The van der Waals surface area contributed by atoms with E-state index in [9.17, 15) is 19.8 Å². The van der Waals surface area contributed by atoms with Gasteiger partial charge in [0.05, 0.1) is 25.4 Å². The summed E-state index contributed by atoms with van der Waals surface area (Å²) in [4.78, 5) is 24.6. The topological polar surface area (TPSA) is 95.9 Å². The second-order valence-corrected chi connectivity index (χ2v) is 25.3. The van der Waals surface area contributed by atoms with E-state index < -0.39 is 12.1 Å². The zero-order valence-electron chi connectivity index (χ0n) is 54.8. The van der Waals surface area contributed by atoms with Gasteiger partial charge in [0.25, 0.3) is 0 Å². The summed E-state index contributed by atoms with van der Waals surface area (Å²) in [5.74, 6) is -0.0525. The normalized spacial score (nSPS) is 12.7. The van der Waals surface area contributed by atoms with Gasteiger partial charge in [0.2, 0.25) is 5.91 Å². The highest BCUT2D eigenvalue weighted by atomic mass is 16.5. The van der Waals surface area contributed by atoms with Crippen LogP contribution in [0, 0.1) is 0 Å². The molecular formula is C75H143NO5. The van der Waals surface area contributed by atoms with Crippen LogP contribution < -0.4 is 5.32 Å². The summed E-state index contributed by atoms with van der Waals surface area (Å²) in [5, 5.41) is 23.2. The van der Waals surface area contributed by atoms with Crippen molar-refractivity contribution in [2.75, 3.05) is 13.2 Å². The molecule has 2 atom stereocenters. The van der Waals surface area contributed by atoms with Gasteiger partial charge in [-0.15, -0.1) is 0 Å². The van der Waals surface area contributed by atoms with Crippen molar-refractivity contribution in [1.82, 2.24) is 5.32 Å². The third-order valence-electron chi connectivity index (χ3n) is 17.1. The average Bonchev–Trinajstić information content (AvgIpc) is 3.47. The van der Waals surface area contributed by atoms with Gasteiger partial charge in [0.15, 0.2) is 0 Å². The molecular weight excluding hydrogens is 995 g/mol. The number of unbranched alkanes of at least 4 members (excludes halogenated alkanes) is 54. The second-order valence-electron chi connectivity index (χ2n) is 25.3. The highest BCUT2D eigenvalue weighted by Gasteiger charge is 2.18. The Morgan fingerprint density at radius 2 is 0.580 bits per heavy atom. The Hall–Kier alpha value is -1.92. The summed E-state index contributed by atoms with van der Waals surface area (Å²) in [7, 11) is 0. The Labute approximate surface area is 506 Å². The number of ether oxygens (including phenoxy) is 1. The predicted molar refractivity (Wildman–Crippen MR) is 356 cm³/mol. The van der Waals surface area contributed by atoms with E-state index in [0.717, 1.165) is 44.9 Å². The van der Waals surface area contributed by atoms with E-state index >= 15 is 0 Å². The first-order valence-corrected chi connectivity index (χ1v) is 36.8. The van der Waals surface area contributed by atoms with Crippen molar-refractivity contribution >= 4 is 11.9 Å². The molecule has 6 heteroatoms. The quantitative estimate of drug-likeness (QED) is 0.0320. The maximum atomic E-state index is 12.5. The van der Waals surface area contributed by atoms with Crippen molar-refractivity contribution in [3.63, 3.8) is 0 Å². The van der Waals surface area contributed by atoms with Gasteiger partial charge in [-0.1, -0.05) is 346 Å². The smallest absolute Gasteiger partial charge is 0.305 e. The molecule has 0 aliphatic carbocycles. The molecule has 0 saturated heterocycles. The lowest BCUT2D eigenvalue weighted by Crippen LogP contribution is -2.45. The SMILES string of the molecule is CCCCCCCCC/C=C\CCCCCCCC(=O)OCCCCCCCCCCCCCC/C=C\CCCCCCCCCCCCCCCCCC(=O)NC(CO)C(O)/C=C/CCCCCCCCCCCCCCCCC. The van der Waals surface area contributed by atoms with E-state index in [1.165, 1.54) is 334 Å². The molecule has 0 saturated carbocycles. The second kappa shape index (κ2) is 70.6. The molecule has 0 spiro atoms. The maximum Gasteiger partial charge on any atom is 0.305 e. The van der Waals surface area contributed by atoms with Gasteiger partial charge in [0.1, 0.15) is 0 Å². The lowest BCUT2D eigenvalue weighted by atomic mass is 10.0. The lowest BCUT2D eigenvalue weighted by Gasteiger charge is -2.20. The molecule has 6 nitrogen and oxygen atoms in total. The van der Waals surface area contributed by atoms with Crippen LogP contribution in [0.1, 0.15) is 406 Å². The Balaban J connectivity index is 3.37. The third-order valence-corrected chi connectivity index (χ3v) is 17.1. The largest absolute Gasteiger partial charge is 0.466 e. The van der Waals surface area contributed by atoms with Crippen LogP contribution in [0.4, 0.5) is 0 Å². The number of carbonyl (C=O) groups excluding carboxylic acids is 2. The van der Waals surface area contributed by atoms with Crippen LogP contribution in [-0.4, -0.2) is 47.4 Å². The zero-order valence-corrected chi connectivity index (χ0v) is 54.8. The van der Waals surface area contributed by atoms with E-state index in [-0.39, 0.29) is 18.5 Å². The number of allylic oxidation sites excluding steroid dienone is 5. The number of hydrogen-bond donors (Lipinski definition) is 3. The van der Waals surface area contributed by atoms with Crippen LogP contribution in [0.15, 0.2) is 36.5 Å². The van der Waals surface area contributed by atoms with Crippen LogP contribution in [0.5, 0.6) is 0 Å². The Morgan fingerprint density at radius 3 is 0.877 bits per heavy atom. The minimum absolute atomic E-state index is 0.0105. The van der Waals surface area contributed by atoms with Crippen molar-refractivity contribution < 1.29 is 24.5 Å². The number of rotatable bonds is 69. The van der Waals surface area contributed by atoms with Gasteiger partial charge in [0, 0.05) is 12.8 Å². The van der Waals surface area contributed by atoms with Gasteiger partial charge >= 0.3 is 5.97 Å². The Morgan fingerprint density at radius 1 is 0.333 bits per heavy atom. The van der Waals surface area contributed by atoms with E-state index in [1.807, 2.05) is 6.08 Å². The Kier molecular flexibility index (Phi) is 68.9. The summed E-state index contributed by atoms with van der Waals surface area (Å²) < 4.78 is 5.50. The fraction of sp³-hybridized carbons (Fsp3) is 0.893. The van der Waals surface area contributed by atoms with Crippen molar-refractivity contribution in [3.8, 4) is 0 Å². The van der Waals surface area contributed by atoms with Gasteiger partial charge in [-0.3, -0.25) is 9.59 Å². The van der Waals surface area contributed by atoms with E-state index in [0.29, 0.717) is 19.4 Å². The molecule has 0 aliphatic rings. The van der Waals surface area contributed by atoms with Crippen molar-refractivity contribution in [2.24, 2.45) is 0 Å². The maximum absolute atomic E-state index is 12.5. The molecule has 3 N–H and O–H groups in total. The fourth-order valence-corrected chi connectivity index (χ4v) is 11.5. The monoisotopic (exact) mass is 1140 g/mol. The standard InChI is InChI=1S/C75H143NO5/c1-3-5-7-9-11-13-15-17-19-36-39-43-47-51-55-59-63-67-73(78)72(71-77)76-74(79)68-64-60-56-52-48-44-40-37-34-32-30-28-26-24-22-21-23-25-27-29-31-33-35-38-42-46-50-54-58-62-66-70-81-75(80)69-65-61-57-53-49-45-41-20-18-16-14-12-10-8-6-4-2/h20,23,25,41,63,67,72-73,77-78H,3-19,21-22,24,26-40,42-62,64-66,68-71H2,1-2H3,(H,76,79)/b25-23-,41-20-,67-63+. The number of aliphatic hydroxyl groups excluding tert-OH is 2. The minimum atomic E-state index is -0.843. The summed E-state index contributed by atoms with van der Waals surface area (Å²) in [5.41, 5.74) is 0. The van der Waals surface area contributed by atoms with E-state index in [1.54, 1.807) is 6.08 Å². The highest BCUT2D eigenvalue weighted by molar-refractivity contribution is 5.76. The first-order valence-electron chi connectivity index (χ1n) is 36.8. The predicted octanol–water partition coefficient (Wildman–Crippen LogP) is 23.9. The molecule has 1 amide bonds. The van der Waals surface area contributed by atoms with Crippen LogP contribution >= 0.6 is 0 Å². The number of aliphatic hydroxyl groups is 2. The zero-order chi connectivity index (χ0) is 58.5. The third kappa shape index (κ3) is 67.1. The molecule has 2 unspecified atom stereocenters. The van der Waals surface area contributed by atoms with Crippen molar-refractivity contribution in [2.45, 2.75) is 418 Å². The molecule has 0 aromatic rings. The Bertz CT molecular complexity index is 1310. The number of nitrogens with one attached hydrogen (secondary N) is 1. The summed E-state index contributed by atoms with van der Waals surface area (Å²) in [6.45, 7) is 4.93. The van der Waals surface area contributed by atoms with Crippen LogP contribution in [0.25, 0.3) is 0 Å². The van der Waals surface area contributed by atoms with E-state index in [4.69, 9.17) is 4.74 Å². The first kappa shape index (κ1) is 79.1. The number of esters is 1. The molecule has 0 heterocycles. The van der Waals surface area contributed by atoms with E-state index in [2.05, 4.69) is 43.5 Å². The molecule has 478 valence electrons. The van der Waals surface area contributed by atoms with Crippen molar-refractivity contribution in [3.05, 3.63) is 36.5 Å². The molecule has 0 bridgehead atoms. The van der Waals surface area contributed by atoms with Crippen LogP contribution in [0.2, 0.25) is 0 Å². The molecule has 81 heavy (non-hydrogen) atoms. The highest BCUT2D eigenvalue weighted by Crippen LogP contribution is 2.18. The molecule has 0 rings (SSSR count). The van der Waals surface area contributed by atoms with Gasteiger partial charge in [-0.05, 0) is 83.5 Å². The van der Waals surface area contributed by atoms with Gasteiger partial charge in [-0.2, -0.15) is 0 Å². The fourth-order valence-electron chi connectivity index (χ4n) is 11.5. The molecule has 0 aromatic carbocycles. The van der Waals surface area contributed by atoms with Crippen LogP contribution in [0.3, 0.4) is 0 Å². The molecule has 0 aromatic heterocycles. The average molecular weight is 1140 g/mol.